The standard InChI is InChI=1S/C18H30O3S.Al.Zn.3H/c1-2-3-4-5-6-7-8-9-10-14-17-21-22(19,20)18-15-12-11-13-16-18;;;;;/h11-13,15-16H,2-10,14,17H2,1H3;;;;;. The Morgan fingerprint density at radius 2 is 1.25 bits per heavy atom. The Kier molecular flexibility index (Phi) is 18.5. The summed E-state index contributed by atoms with van der Waals surface area (Å²) >= 11 is 0. The molecular formula is C18H33AlO3SZn. The summed E-state index contributed by atoms with van der Waals surface area (Å²) in [5, 5.41) is 0. The van der Waals surface area contributed by atoms with Crippen LogP contribution >= 0.6 is 0 Å². The van der Waals surface area contributed by atoms with E-state index in [2.05, 4.69) is 6.92 Å². The first-order valence-electron chi connectivity index (χ1n) is 8.61. The van der Waals surface area contributed by atoms with Crippen molar-refractivity contribution in [3.8, 4) is 0 Å². The van der Waals surface area contributed by atoms with E-state index in [-0.39, 0.29) is 48.3 Å². The molecule has 0 unspecified atom stereocenters. The van der Waals surface area contributed by atoms with Crippen molar-refractivity contribution in [2.45, 2.75) is 76.0 Å². The van der Waals surface area contributed by atoms with Crippen molar-refractivity contribution in [2.24, 2.45) is 0 Å². The molecule has 0 aliphatic heterocycles. The number of benzene rings is 1. The molecule has 0 atom stereocenters. The van der Waals surface area contributed by atoms with Gasteiger partial charge in [-0.25, -0.2) is 0 Å². The minimum atomic E-state index is -3.57. The summed E-state index contributed by atoms with van der Waals surface area (Å²) in [7, 11) is -3.57. The average molecular weight is 422 g/mol. The third-order valence-corrected chi connectivity index (χ3v) is 5.09. The summed E-state index contributed by atoms with van der Waals surface area (Å²) in [6, 6.07) is 8.33. The molecule has 3 nitrogen and oxygen atoms in total. The molecule has 0 bridgehead atoms. The van der Waals surface area contributed by atoms with Gasteiger partial charge in [-0.15, -0.1) is 0 Å². The van der Waals surface area contributed by atoms with Crippen LogP contribution in [0.5, 0.6) is 0 Å². The van der Waals surface area contributed by atoms with E-state index in [1.54, 1.807) is 30.3 Å². The second kappa shape index (κ2) is 16.7. The molecule has 134 valence electrons. The fourth-order valence-corrected chi connectivity index (χ4v) is 3.38. The second-order valence-corrected chi connectivity index (χ2v) is 7.39. The van der Waals surface area contributed by atoms with Crippen molar-refractivity contribution >= 4 is 27.5 Å². The Labute approximate surface area is 172 Å². The SMILES string of the molecule is CCCCCCCCCCCCOS(=O)(=O)c1ccccc1.[AlH3].[Zn]. The summed E-state index contributed by atoms with van der Waals surface area (Å²) < 4.78 is 28.8. The van der Waals surface area contributed by atoms with Gasteiger partial charge in [0.15, 0.2) is 17.4 Å². The molecule has 0 aliphatic rings. The maximum Gasteiger partial charge on any atom is 0.296 e. The van der Waals surface area contributed by atoms with Gasteiger partial charge >= 0.3 is 0 Å². The van der Waals surface area contributed by atoms with Gasteiger partial charge in [0, 0.05) is 19.5 Å². The predicted octanol–water partition coefficient (Wildman–Crippen LogP) is 4.13. The maximum atomic E-state index is 11.9. The first kappa shape index (κ1) is 26.5. The summed E-state index contributed by atoms with van der Waals surface area (Å²) in [5.41, 5.74) is 0. The van der Waals surface area contributed by atoms with E-state index in [9.17, 15) is 8.42 Å². The van der Waals surface area contributed by atoms with Crippen molar-refractivity contribution in [1.82, 2.24) is 0 Å². The van der Waals surface area contributed by atoms with E-state index in [1.165, 1.54) is 51.4 Å². The van der Waals surface area contributed by atoms with Crippen LogP contribution in [0.3, 0.4) is 0 Å². The summed E-state index contributed by atoms with van der Waals surface area (Å²) in [5.74, 6) is 0. The van der Waals surface area contributed by atoms with Crippen LogP contribution in [0.1, 0.15) is 71.1 Å². The van der Waals surface area contributed by atoms with Gasteiger partial charge in [-0.1, -0.05) is 82.9 Å². The number of rotatable bonds is 13. The van der Waals surface area contributed by atoms with Crippen LogP contribution in [0.25, 0.3) is 0 Å². The van der Waals surface area contributed by atoms with Gasteiger partial charge in [0.25, 0.3) is 10.1 Å². The van der Waals surface area contributed by atoms with Gasteiger partial charge in [0.1, 0.15) is 0 Å². The van der Waals surface area contributed by atoms with Crippen molar-refractivity contribution in [3.05, 3.63) is 30.3 Å². The molecular weight excluding hydrogens is 389 g/mol. The van der Waals surface area contributed by atoms with Crippen LogP contribution in [-0.2, 0) is 33.8 Å². The molecule has 0 saturated heterocycles. The van der Waals surface area contributed by atoms with E-state index < -0.39 is 10.1 Å². The van der Waals surface area contributed by atoms with Crippen LogP contribution in [0.15, 0.2) is 35.2 Å². The Morgan fingerprint density at radius 3 is 1.75 bits per heavy atom. The minimum absolute atomic E-state index is 0. The van der Waals surface area contributed by atoms with Gasteiger partial charge in [-0.05, 0) is 18.6 Å². The quantitative estimate of drug-likeness (QED) is 0.273. The van der Waals surface area contributed by atoms with Crippen LogP contribution in [0.2, 0.25) is 0 Å². The van der Waals surface area contributed by atoms with Crippen LogP contribution in [-0.4, -0.2) is 32.4 Å². The predicted molar refractivity (Wildman–Crippen MR) is 101 cm³/mol. The molecule has 1 aromatic rings. The number of hydrogen-bond acceptors (Lipinski definition) is 3. The summed E-state index contributed by atoms with van der Waals surface area (Å²) in [6.07, 6.45) is 12.3. The topological polar surface area (TPSA) is 43.4 Å². The summed E-state index contributed by atoms with van der Waals surface area (Å²) in [6.45, 7) is 2.52. The normalized spacial score (nSPS) is 10.7. The molecule has 0 spiro atoms. The molecule has 0 fully saturated rings. The smallest absolute Gasteiger partial charge is 0.266 e. The molecule has 1 aromatic carbocycles. The summed E-state index contributed by atoms with van der Waals surface area (Å²) in [4.78, 5) is 0.238. The molecule has 6 heteroatoms. The molecule has 24 heavy (non-hydrogen) atoms. The largest absolute Gasteiger partial charge is 0.296 e. The Balaban J connectivity index is 0. The Morgan fingerprint density at radius 1 is 0.792 bits per heavy atom. The van der Waals surface area contributed by atoms with E-state index in [0.29, 0.717) is 0 Å². The van der Waals surface area contributed by atoms with Gasteiger partial charge < -0.3 is 0 Å². The third-order valence-electron chi connectivity index (χ3n) is 3.77. The molecule has 0 radical (unpaired) electrons. The monoisotopic (exact) mass is 420 g/mol. The van der Waals surface area contributed by atoms with Crippen molar-refractivity contribution in [3.63, 3.8) is 0 Å². The fourth-order valence-electron chi connectivity index (χ4n) is 2.41. The molecule has 0 amide bonds. The molecule has 0 aromatic heterocycles. The number of hydrogen-bond donors (Lipinski definition) is 0. The van der Waals surface area contributed by atoms with Gasteiger partial charge in [-0.3, -0.25) is 4.18 Å². The Hall–Kier alpha value is 0.286. The number of unbranched alkanes of at least 4 members (excludes halogenated alkanes) is 9. The molecule has 0 heterocycles. The minimum Gasteiger partial charge on any atom is -0.266 e. The van der Waals surface area contributed by atoms with E-state index >= 15 is 0 Å². The van der Waals surface area contributed by atoms with Gasteiger partial charge in [0.05, 0.1) is 11.5 Å². The van der Waals surface area contributed by atoms with E-state index in [4.69, 9.17) is 4.18 Å². The Bertz CT molecular complexity index is 480. The zero-order valence-corrected chi connectivity index (χ0v) is 18.3. The first-order chi connectivity index (χ1) is 10.7. The zero-order chi connectivity index (χ0) is 16.1. The molecule has 0 N–H and O–H groups in total. The van der Waals surface area contributed by atoms with Crippen LogP contribution in [0, 0.1) is 0 Å². The third kappa shape index (κ3) is 12.6. The average Bonchev–Trinajstić information content (AvgIpc) is 2.53. The fraction of sp³-hybridized carbons (Fsp3) is 0.667. The molecule has 0 saturated carbocycles. The van der Waals surface area contributed by atoms with Crippen molar-refractivity contribution in [1.29, 1.82) is 0 Å². The first-order valence-corrected chi connectivity index (χ1v) is 10.0. The molecule has 1 rings (SSSR count). The maximum absolute atomic E-state index is 11.9. The second-order valence-electron chi connectivity index (χ2n) is 5.77. The van der Waals surface area contributed by atoms with Crippen LogP contribution in [0.4, 0.5) is 0 Å². The van der Waals surface area contributed by atoms with Crippen molar-refractivity contribution < 1.29 is 32.1 Å². The van der Waals surface area contributed by atoms with Gasteiger partial charge in [0.2, 0.25) is 0 Å². The van der Waals surface area contributed by atoms with Gasteiger partial charge in [-0.2, -0.15) is 8.42 Å². The van der Waals surface area contributed by atoms with E-state index in [1.807, 2.05) is 0 Å². The molecule has 0 aliphatic carbocycles. The van der Waals surface area contributed by atoms with Crippen LogP contribution < -0.4 is 0 Å². The van der Waals surface area contributed by atoms with E-state index in [0.717, 1.165) is 12.8 Å². The zero-order valence-electron chi connectivity index (χ0n) is 14.5. The van der Waals surface area contributed by atoms with Crippen molar-refractivity contribution in [2.75, 3.05) is 6.61 Å².